The Morgan fingerprint density at radius 1 is 1.28 bits per heavy atom. The molecular weight excluding hydrogens is 402 g/mol. The first-order valence-electron chi connectivity index (χ1n) is 8.72. The summed E-state index contributed by atoms with van der Waals surface area (Å²) in [5.41, 5.74) is 2.31. The number of para-hydroxylation sites is 1. The van der Waals surface area contributed by atoms with Crippen LogP contribution in [0.25, 0.3) is 5.69 Å². The molecule has 0 fully saturated rings. The maximum atomic E-state index is 12.3. The Labute approximate surface area is 171 Å². The first-order valence-corrected chi connectivity index (χ1v) is 9.10. The molecular formula is C20H19ClF2N4O2. The molecule has 0 saturated heterocycles. The number of alkyl halides is 2. The number of ether oxygens (including phenoxy) is 1. The monoisotopic (exact) mass is 420 g/mol. The van der Waals surface area contributed by atoms with Crippen LogP contribution in [0.4, 0.5) is 14.5 Å². The molecule has 3 aromatic rings. The molecule has 0 atom stereocenters. The Kier molecular flexibility index (Phi) is 6.79. The molecule has 0 bridgehead atoms. The molecule has 0 aliphatic rings. The zero-order valence-corrected chi connectivity index (χ0v) is 16.3. The van der Waals surface area contributed by atoms with Gasteiger partial charge in [0, 0.05) is 24.0 Å². The zero-order valence-electron chi connectivity index (χ0n) is 15.6. The summed E-state index contributed by atoms with van der Waals surface area (Å²) in [4.78, 5) is 14.1. The van der Waals surface area contributed by atoms with Crippen LogP contribution in [0.5, 0.6) is 5.75 Å². The van der Waals surface area contributed by atoms with Crippen molar-refractivity contribution in [2.24, 2.45) is 0 Å². The van der Waals surface area contributed by atoms with Gasteiger partial charge in [0.2, 0.25) is 5.91 Å². The number of rotatable bonds is 8. The van der Waals surface area contributed by atoms with Crippen molar-refractivity contribution in [2.45, 2.75) is 13.2 Å². The molecule has 0 spiro atoms. The standard InChI is InChI=1S/C20H19ClF2N4O2/c1-26(11-14-10-24-27(12-14)16-5-3-2-4-6-16)13-19(28)25-15-7-8-18(17(21)9-15)29-20(22)23/h2-10,12,20H,11,13H2,1H3,(H,25,28). The molecule has 0 aliphatic heterocycles. The molecule has 1 amide bonds. The average molecular weight is 421 g/mol. The molecule has 0 saturated carbocycles. The van der Waals surface area contributed by atoms with E-state index in [9.17, 15) is 13.6 Å². The number of anilines is 1. The van der Waals surface area contributed by atoms with Gasteiger partial charge >= 0.3 is 6.61 Å². The smallest absolute Gasteiger partial charge is 0.387 e. The van der Waals surface area contributed by atoms with Crippen LogP contribution in [0.2, 0.25) is 5.02 Å². The lowest BCUT2D eigenvalue weighted by molar-refractivity contribution is -0.117. The Morgan fingerprint density at radius 3 is 2.72 bits per heavy atom. The Balaban J connectivity index is 1.53. The second kappa shape index (κ2) is 9.49. The van der Waals surface area contributed by atoms with Crippen LogP contribution in [0, 0.1) is 0 Å². The second-order valence-corrected chi connectivity index (χ2v) is 6.78. The van der Waals surface area contributed by atoms with E-state index >= 15 is 0 Å². The maximum Gasteiger partial charge on any atom is 0.387 e. The van der Waals surface area contributed by atoms with Crippen molar-refractivity contribution in [3.8, 4) is 11.4 Å². The Hall–Kier alpha value is -2.97. The van der Waals surface area contributed by atoms with Gasteiger partial charge in [-0.1, -0.05) is 29.8 Å². The van der Waals surface area contributed by atoms with Crippen LogP contribution in [0.3, 0.4) is 0 Å². The van der Waals surface area contributed by atoms with Gasteiger partial charge in [-0.05, 0) is 37.4 Å². The number of hydrogen-bond acceptors (Lipinski definition) is 4. The third-order valence-corrected chi connectivity index (χ3v) is 4.25. The first-order chi connectivity index (χ1) is 13.9. The van der Waals surface area contributed by atoms with Crippen molar-refractivity contribution in [1.29, 1.82) is 0 Å². The van der Waals surface area contributed by atoms with E-state index in [1.807, 2.05) is 48.5 Å². The number of amides is 1. The lowest BCUT2D eigenvalue weighted by Crippen LogP contribution is -2.29. The molecule has 29 heavy (non-hydrogen) atoms. The third-order valence-electron chi connectivity index (χ3n) is 3.95. The van der Waals surface area contributed by atoms with E-state index in [-0.39, 0.29) is 23.2 Å². The summed E-state index contributed by atoms with van der Waals surface area (Å²) < 4.78 is 30.6. The predicted octanol–water partition coefficient (Wildman–Crippen LogP) is 4.20. The average Bonchev–Trinajstić information content (AvgIpc) is 3.12. The largest absolute Gasteiger partial charge is 0.433 e. The molecule has 0 aliphatic carbocycles. The van der Waals surface area contributed by atoms with Gasteiger partial charge in [-0.25, -0.2) is 4.68 Å². The van der Waals surface area contributed by atoms with Crippen LogP contribution in [0.15, 0.2) is 60.9 Å². The molecule has 0 unspecified atom stereocenters. The fourth-order valence-electron chi connectivity index (χ4n) is 2.75. The van der Waals surface area contributed by atoms with Gasteiger partial charge in [0.05, 0.1) is 23.5 Å². The highest BCUT2D eigenvalue weighted by Gasteiger charge is 2.12. The van der Waals surface area contributed by atoms with Gasteiger partial charge in [0.25, 0.3) is 0 Å². The number of aromatic nitrogens is 2. The van der Waals surface area contributed by atoms with Crippen LogP contribution in [0.1, 0.15) is 5.56 Å². The van der Waals surface area contributed by atoms with E-state index in [4.69, 9.17) is 11.6 Å². The number of benzene rings is 2. The fourth-order valence-corrected chi connectivity index (χ4v) is 2.97. The minimum atomic E-state index is -2.96. The number of carbonyl (C=O) groups is 1. The van der Waals surface area contributed by atoms with Gasteiger partial charge in [-0.15, -0.1) is 0 Å². The zero-order chi connectivity index (χ0) is 20.8. The van der Waals surface area contributed by atoms with Crippen molar-refractivity contribution in [1.82, 2.24) is 14.7 Å². The third kappa shape index (κ3) is 6.00. The van der Waals surface area contributed by atoms with Gasteiger partial charge in [0.1, 0.15) is 5.75 Å². The van der Waals surface area contributed by atoms with Crippen molar-refractivity contribution >= 4 is 23.2 Å². The van der Waals surface area contributed by atoms with E-state index in [1.165, 1.54) is 18.2 Å². The van der Waals surface area contributed by atoms with Gasteiger partial charge in [-0.3, -0.25) is 9.69 Å². The van der Waals surface area contributed by atoms with E-state index < -0.39 is 6.61 Å². The van der Waals surface area contributed by atoms with E-state index in [0.717, 1.165) is 11.3 Å². The SMILES string of the molecule is CN(CC(=O)Nc1ccc(OC(F)F)c(Cl)c1)Cc1cnn(-c2ccccc2)c1. The van der Waals surface area contributed by atoms with Crippen LogP contribution in [-0.4, -0.2) is 40.8 Å². The Morgan fingerprint density at radius 2 is 2.03 bits per heavy atom. The quantitative estimate of drug-likeness (QED) is 0.593. The predicted molar refractivity (Wildman–Crippen MR) is 107 cm³/mol. The van der Waals surface area contributed by atoms with Crippen LogP contribution < -0.4 is 10.1 Å². The summed E-state index contributed by atoms with van der Waals surface area (Å²) >= 11 is 5.89. The number of nitrogens with one attached hydrogen (secondary N) is 1. The number of hydrogen-bond donors (Lipinski definition) is 1. The molecule has 1 heterocycles. The van der Waals surface area contributed by atoms with Gasteiger partial charge in [0.15, 0.2) is 0 Å². The van der Waals surface area contributed by atoms with Gasteiger partial charge < -0.3 is 10.1 Å². The molecule has 3 rings (SSSR count). The van der Waals surface area contributed by atoms with Crippen LogP contribution >= 0.6 is 11.6 Å². The number of carbonyl (C=O) groups excluding carboxylic acids is 1. The number of halogens is 3. The van der Waals surface area contributed by atoms with E-state index in [0.29, 0.717) is 12.2 Å². The second-order valence-electron chi connectivity index (χ2n) is 6.37. The van der Waals surface area contributed by atoms with E-state index in [1.54, 1.807) is 10.9 Å². The highest BCUT2D eigenvalue weighted by molar-refractivity contribution is 6.32. The normalized spacial score (nSPS) is 11.1. The van der Waals surface area contributed by atoms with Crippen molar-refractivity contribution in [3.05, 3.63) is 71.5 Å². The van der Waals surface area contributed by atoms with Crippen molar-refractivity contribution in [3.63, 3.8) is 0 Å². The number of likely N-dealkylation sites (N-methyl/N-ethyl adjacent to an activating group) is 1. The topological polar surface area (TPSA) is 59.4 Å². The molecule has 1 N–H and O–H groups in total. The summed E-state index contributed by atoms with van der Waals surface area (Å²) in [5, 5.41) is 7.01. The fraction of sp³-hybridized carbons (Fsp3) is 0.200. The van der Waals surface area contributed by atoms with Gasteiger partial charge in [-0.2, -0.15) is 13.9 Å². The summed E-state index contributed by atoms with van der Waals surface area (Å²) in [5.74, 6) is -0.409. The lowest BCUT2D eigenvalue weighted by Gasteiger charge is -2.15. The van der Waals surface area contributed by atoms with Crippen molar-refractivity contribution in [2.75, 3.05) is 18.9 Å². The molecule has 0 radical (unpaired) electrons. The molecule has 6 nitrogen and oxygen atoms in total. The van der Waals surface area contributed by atoms with Crippen molar-refractivity contribution < 1.29 is 18.3 Å². The Bertz CT molecular complexity index is 966. The highest BCUT2D eigenvalue weighted by atomic mass is 35.5. The molecule has 9 heteroatoms. The minimum absolute atomic E-state index is 0.00946. The lowest BCUT2D eigenvalue weighted by atomic mass is 10.3. The molecule has 2 aromatic carbocycles. The highest BCUT2D eigenvalue weighted by Crippen LogP contribution is 2.28. The minimum Gasteiger partial charge on any atom is -0.433 e. The number of nitrogens with zero attached hydrogens (tertiary/aromatic N) is 3. The summed E-state index contributed by atoms with van der Waals surface area (Å²) in [6, 6.07) is 13.8. The first kappa shape index (κ1) is 20.8. The summed E-state index contributed by atoms with van der Waals surface area (Å²) in [6.07, 6.45) is 3.66. The van der Waals surface area contributed by atoms with E-state index in [2.05, 4.69) is 15.2 Å². The summed E-state index contributed by atoms with van der Waals surface area (Å²) in [6.45, 7) is -2.31. The summed E-state index contributed by atoms with van der Waals surface area (Å²) in [7, 11) is 1.81. The van der Waals surface area contributed by atoms with Crippen LogP contribution in [-0.2, 0) is 11.3 Å². The molecule has 1 aromatic heterocycles. The molecule has 152 valence electrons. The maximum absolute atomic E-state index is 12.3.